The highest BCUT2D eigenvalue weighted by molar-refractivity contribution is 6.30. The maximum absolute atomic E-state index is 12.6. The van der Waals surface area contributed by atoms with Gasteiger partial charge in [-0.25, -0.2) is 9.36 Å². The Morgan fingerprint density at radius 2 is 1.97 bits per heavy atom. The number of ether oxygens (including phenoxy) is 2. The number of hydrazone groups is 1. The topological polar surface area (TPSA) is 118 Å². The lowest BCUT2D eigenvalue weighted by Gasteiger charge is -2.16. The fraction of sp³-hybridized carbons (Fsp3) is 0.190. The Labute approximate surface area is 181 Å². The number of hydrogen-bond acceptors (Lipinski definition) is 7. The molecular weight excluding hydrogens is 424 g/mol. The summed E-state index contributed by atoms with van der Waals surface area (Å²) in [7, 11) is 3.12. The molecule has 0 unspecified atom stereocenters. The van der Waals surface area contributed by atoms with Crippen LogP contribution in [0.5, 0.6) is 17.4 Å². The van der Waals surface area contributed by atoms with Crippen molar-refractivity contribution < 1.29 is 14.6 Å². The number of benzene rings is 2. The van der Waals surface area contributed by atoms with Crippen LogP contribution in [-0.2, 0) is 0 Å². The molecule has 2 aromatic carbocycles. The molecule has 0 saturated heterocycles. The van der Waals surface area contributed by atoms with Crippen molar-refractivity contribution in [3.63, 3.8) is 0 Å². The largest absolute Gasteiger partial charge is 0.497 e. The van der Waals surface area contributed by atoms with E-state index in [0.29, 0.717) is 27.9 Å². The van der Waals surface area contributed by atoms with E-state index in [4.69, 9.17) is 21.1 Å². The fourth-order valence-corrected chi connectivity index (χ4v) is 3.71. The lowest BCUT2D eigenvalue weighted by molar-refractivity contribution is 0.392. The minimum Gasteiger partial charge on any atom is -0.497 e. The molecule has 3 aromatic rings. The van der Waals surface area contributed by atoms with E-state index in [9.17, 15) is 14.7 Å². The predicted molar refractivity (Wildman–Crippen MR) is 116 cm³/mol. The van der Waals surface area contributed by atoms with Gasteiger partial charge >= 0.3 is 5.69 Å². The smallest absolute Gasteiger partial charge is 0.335 e. The third-order valence-corrected chi connectivity index (χ3v) is 5.24. The van der Waals surface area contributed by atoms with Crippen molar-refractivity contribution in [2.45, 2.75) is 12.5 Å². The van der Waals surface area contributed by atoms with Crippen LogP contribution < -0.4 is 26.1 Å². The van der Waals surface area contributed by atoms with Crippen LogP contribution in [0.3, 0.4) is 0 Å². The molecule has 3 N–H and O–H groups in total. The Kier molecular flexibility index (Phi) is 5.43. The summed E-state index contributed by atoms with van der Waals surface area (Å²) in [5, 5.41) is 15.5. The van der Waals surface area contributed by atoms with Gasteiger partial charge in [-0.1, -0.05) is 17.7 Å². The van der Waals surface area contributed by atoms with Gasteiger partial charge in [-0.2, -0.15) is 5.10 Å². The van der Waals surface area contributed by atoms with Crippen molar-refractivity contribution in [2.24, 2.45) is 5.10 Å². The number of hydrogen-bond donors (Lipinski definition) is 3. The summed E-state index contributed by atoms with van der Waals surface area (Å²) in [6.07, 6.45) is 0.272. The van der Waals surface area contributed by atoms with Crippen molar-refractivity contribution in [1.82, 2.24) is 15.0 Å². The van der Waals surface area contributed by atoms with Gasteiger partial charge in [0.2, 0.25) is 5.88 Å². The Morgan fingerprint density at radius 3 is 2.68 bits per heavy atom. The maximum Gasteiger partial charge on any atom is 0.335 e. The zero-order chi connectivity index (χ0) is 22.1. The van der Waals surface area contributed by atoms with E-state index in [2.05, 4.69) is 15.5 Å². The van der Waals surface area contributed by atoms with Crippen molar-refractivity contribution >= 4 is 17.3 Å². The number of aromatic nitrogens is 2. The normalized spacial score (nSPS) is 15.3. The van der Waals surface area contributed by atoms with Crippen molar-refractivity contribution in [3.8, 4) is 23.1 Å². The van der Waals surface area contributed by atoms with Crippen LogP contribution in [-0.4, -0.2) is 34.6 Å². The summed E-state index contributed by atoms with van der Waals surface area (Å²) < 4.78 is 11.7. The van der Waals surface area contributed by atoms with Gasteiger partial charge in [0.25, 0.3) is 5.56 Å². The molecule has 0 spiro atoms. The zero-order valence-electron chi connectivity index (χ0n) is 16.7. The first kappa shape index (κ1) is 20.5. The number of methoxy groups -OCH3 is 2. The third kappa shape index (κ3) is 3.75. The van der Waals surface area contributed by atoms with Gasteiger partial charge in [-0.15, -0.1) is 0 Å². The van der Waals surface area contributed by atoms with E-state index >= 15 is 0 Å². The molecule has 1 aliphatic heterocycles. The number of halogens is 1. The minimum absolute atomic E-state index is 0.101. The lowest BCUT2D eigenvalue weighted by Crippen LogP contribution is -2.33. The van der Waals surface area contributed by atoms with Crippen LogP contribution in [0.4, 0.5) is 0 Å². The molecular formula is C21H19ClN4O5. The quantitative estimate of drug-likeness (QED) is 0.558. The van der Waals surface area contributed by atoms with E-state index in [0.717, 1.165) is 10.1 Å². The van der Waals surface area contributed by atoms with Crippen LogP contribution in [0.1, 0.15) is 23.6 Å². The molecule has 0 fully saturated rings. The maximum atomic E-state index is 12.6. The molecule has 0 radical (unpaired) electrons. The lowest BCUT2D eigenvalue weighted by atomic mass is 9.99. The summed E-state index contributed by atoms with van der Waals surface area (Å²) in [4.78, 5) is 27.2. The van der Waals surface area contributed by atoms with Crippen LogP contribution in [0.2, 0.25) is 5.02 Å². The zero-order valence-corrected chi connectivity index (χ0v) is 17.4. The molecule has 0 saturated carbocycles. The SMILES string of the molecule is COc1ccc(OC)c([C@@H]2CC(c3c(O)n(-c4cccc(Cl)c4)c(=O)[nH]c3=O)=NN2)c1. The summed E-state index contributed by atoms with van der Waals surface area (Å²) in [5.74, 6) is 0.743. The second-order valence-electron chi connectivity index (χ2n) is 6.83. The van der Waals surface area contributed by atoms with E-state index < -0.39 is 17.1 Å². The minimum atomic E-state index is -0.786. The van der Waals surface area contributed by atoms with Gasteiger partial charge in [-0.3, -0.25) is 9.78 Å². The van der Waals surface area contributed by atoms with E-state index in [1.54, 1.807) is 44.6 Å². The van der Waals surface area contributed by atoms with Crippen LogP contribution in [0, 0.1) is 0 Å². The number of nitrogens with one attached hydrogen (secondary N) is 2. The average molecular weight is 443 g/mol. The predicted octanol–water partition coefficient (Wildman–Crippen LogP) is 2.34. The van der Waals surface area contributed by atoms with E-state index in [-0.39, 0.29) is 18.0 Å². The van der Waals surface area contributed by atoms with Crippen molar-refractivity contribution in [1.29, 1.82) is 0 Å². The van der Waals surface area contributed by atoms with Gasteiger partial charge in [0, 0.05) is 17.0 Å². The third-order valence-electron chi connectivity index (χ3n) is 5.01. The van der Waals surface area contributed by atoms with E-state index in [1.807, 2.05) is 6.07 Å². The molecule has 4 rings (SSSR count). The van der Waals surface area contributed by atoms with Gasteiger partial charge < -0.3 is 20.0 Å². The van der Waals surface area contributed by atoms with Crippen LogP contribution >= 0.6 is 11.6 Å². The van der Waals surface area contributed by atoms with Crippen molar-refractivity contribution in [2.75, 3.05) is 14.2 Å². The number of rotatable bonds is 5. The standard InChI is InChI=1S/C21H19ClN4O5/c1-30-13-6-7-17(31-2)14(9-13)15-10-16(25-24-15)18-19(27)23-21(29)26(20(18)28)12-5-3-4-11(22)8-12/h3-9,15,24,28H,10H2,1-2H3,(H,23,27,29)/t15-/m0/s1. The number of aromatic hydroxyl groups is 1. The van der Waals surface area contributed by atoms with Gasteiger partial charge in [0.05, 0.1) is 31.7 Å². The summed E-state index contributed by atoms with van der Waals surface area (Å²) in [5.41, 5.74) is 2.73. The second kappa shape index (κ2) is 8.19. The summed E-state index contributed by atoms with van der Waals surface area (Å²) in [6, 6.07) is 11.4. The van der Waals surface area contributed by atoms with Crippen molar-refractivity contribution in [3.05, 3.63) is 79.5 Å². The highest BCUT2D eigenvalue weighted by atomic mass is 35.5. The first-order valence-electron chi connectivity index (χ1n) is 9.31. The molecule has 1 aliphatic rings. The second-order valence-corrected chi connectivity index (χ2v) is 7.26. The molecule has 0 amide bonds. The molecule has 1 atom stereocenters. The number of H-pyrrole nitrogens is 1. The Hall–Kier alpha value is -3.72. The Bertz CT molecular complexity index is 1300. The molecule has 160 valence electrons. The van der Waals surface area contributed by atoms with Gasteiger partial charge in [0.1, 0.15) is 17.1 Å². The summed E-state index contributed by atoms with van der Waals surface area (Å²) in [6.45, 7) is 0. The summed E-state index contributed by atoms with van der Waals surface area (Å²) >= 11 is 6.01. The molecule has 9 nitrogen and oxygen atoms in total. The van der Waals surface area contributed by atoms with Crippen LogP contribution in [0.15, 0.2) is 57.2 Å². The Morgan fingerprint density at radius 1 is 1.16 bits per heavy atom. The Balaban J connectivity index is 1.75. The molecule has 10 heteroatoms. The number of nitrogens with zero attached hydrogens (tertiary/aromatic N) is 2. The fourth-order valence-electron chi connectivity index (χ4n) is 3.53. The monoisotopic (exact) mass is 442 g/mol. The average Bonchev–Trinajstić information content (AvgIpc) is 3.22. The molecule has 31 heavy (non-hydrogen) atoms. The molecule has 1 aromatic heterocycles. The first-order valence-corrected chi connectivity index (χ1v) is 9.69. The molecule has 0 aliphatic carbocycles. The number of aromatic amines is 1. The van der Waals surface area contributed by atoms with E-state index in [1.165, 1.54) is 6.07 Å². The van der Waals surface area contributed by atoms with Crippen LogP contribution in [0.25, 0.3) is 5.69 Å². The highest BCUT2D eigenvalue weighted by Gasteiger charge is 2.29. The van der Waals surface area contributed by atoms with Gasteiger partial charge in [0.15, 0.2) is 0 Å². The molecule has 2 heterocycles. The van der Waals surface area contributed by atoms with Gasteiger partial charge in [-0.05, 0) is 36.4 Å². The highest BCUT2D eigenvalue weighted by Crippen LogP contribution is 2.34. The first-order chi connectivity index (χ1) is 14.9. The molecule has 0 bridgehead atoms.